The van der Waals surface area contributed by atoms with Crippen LogP contribution in [0.3, 0.4) is 0 Å². The smallest absolute Gasteiger partial charge is 0.306 e. The third kappa shape index (κ3) is 11.4. The van der Waals surface area contributed by atoms with Gasteiger partial charge >= 0.3 is 5.97 Å². The van der Waals surface area contributed by atoms with Crippen LogP contribution in [0.25, 0.3) is 0 Å². The van der Waals surface area contributed by atoms with Crippen molar-refractivity contribution in [1.82, 2.24) is 0 Å². The number of unbranched alkanes of at least 4 members (excludes halogenated alkanes) is 2. The van der Waals surface area contributed by atoms with Gasteiger partial charge in [-0.15, -0.1) is 0 Å². The lowest BCUT2D eigenvalue weighted by molar-refractivity contribution is -0.147. The van der Waals surface area contributed by atoms with Gasteiger partial charge in [-0.05, 0) is 32.1 Å². The summed E-state index contributed by atoms with van der Waals surface area (Å²) in [5.74, 6) is -0.0549. The van der Waals surface area contributed by atoms with Crippen LogP contribution in [0.1, 0.15) is 66.7 Å². The highest BCUT2D eigenvalue weighted by Crippen LogP contribution is 2.22. The SMILES string of the molecule is CC(C)OC(=O)CCCCCC(C)(C)C. The predicted molar refractivity (Wildman–Crippen MR) is 63.8 cm³/mol. The van der Waals surface area contributed by atoms with Gasteiger partial charge in [-0.25, -0.2) is 0 Å². The summed E-state index contributed by atoms with van der Waals surface area (Å²) in [6, 6.07) is 0. The van der Waals surface area contributed by atoms with Crippen molar-refractivity contribution in [3.63, 3.8) is 0 Å². The molecule has 0 radical (unpaired) electrons. The maximum absolute atomic E-state index is 11.2. The average Bonchev–Trinajstić information content (AvgIpc) is 1.99. The van der Waals surface area contributed by atoms with Gasteiger partial charge in [-0.1, -0.05) is 33.6 Å². The Morgan fingerprint density at radius 3 is 2.20 bits per heavy atom. The third-order valence-electron chi connectivity index (χ3n) is 2.17. The molecular weight excluding hydrogens is 188 g/mol. The zero-order chi connectivity index (χ0) is 11.9. The monoisotopic (exact) mass is 214 g/mol. The highest BCUT2D eigenvalue weighted by Gasteiger charge is 2.09. The molecule has 0 aromatic heterocycles. The van der Waals surface area contributed by atoms with E-state index < -0.39 is 0 Å². The highest BCUT2D eigenvalue weighted by atomic mass is 16.5. The molecule has 2 nitrogen and oxygen atoms in total. The summed E-state index contributed by atoms with van der Waals surface area (Å²) < 4.78 is 5.06. The number of ether oxygens (including phenoxy) is 1. The average molecular weight is 214 g/mol. The van der Waals surface area contributed by atoms with E-state index in [-0.39, 0.29) is 12.1 Å². The van der Waals surface area contributed by atoms with Crippen LogP contribution in [0.5, 0.6) is 0 Å². The van der Waals surface area contributed by atoms with Crippen LogP contribution >= 0.6 is 0 Å². The minimum absolute atomic E-state index is 0.0204. The third-order valence-corrected chi connectivity index (χ3v) is 2.17. The molecule has 0 aliphatic carbocycles. The molecule has 0 heterocycles. The fourth-order valence-electron chi connectivity index (χ4n) is 1.42. The van der Waals surface area contributed by atoms with E-state index in [1.807, 2.05) is 13.8 Å². The van der Waals surface area contributed by atoms with Crippen molar-refractivity contribution in [2.24, 2.45) is 5.41 Å². The van der Waals surface area contributed by atoms with Crippen molar-refractivity contribution in [2.45, 2.75) is 72.8 Å². The lowest BCUT2D eigenvalue weighted by Gasteiger charge is -2.17. The summed E-state index contributed by atoms with van der Waals surface area (Å²) in [4.78, 5) is 11.2. The van der Waals surface area contributed by atoms with Crippen LogP contribution in [0.15, 0.2) is 0 Å². The Hall–Kier alpha value is -0.530. The molecular formula is C13H26O2. The van der Waals surface area contributed by atoms with Crippen molar-refractivity contribution in [3.8, 4) is 0 Å². The largest absolute Gasteiger partial charge is 0.463 e. The van der Waals surface area contributed by atoms with Gasteiger partial charge in [0.05, 0.1) is 6.10 Å². The Bertz CT molecular complexity index is 177. The molecule has 0 aromatic rings. The van der Waals surface area contributed by atoms with Crippen LogP contribution in [0.4, 0.5) is 0 Å². The van der Waals surface area contributed by atoms with E-state index in [9.17, 15) is 4.79 Å². The number of hydrogen-bond donors (Lipinski definition) is 0. The molecule has 0 aliphatic heterocycles. The van der Waals surface area contributed by atoms with Crippen LogP contribution in [-0.2, 0) is 9.53 Å². The molecule has 0 rings (SSSR count). The summed E-state index contributed by atoms with van der Waals surface area (Å²) in [5.41, 5.74) is 0.415. The second kappa shape index (κ2) is 6.86. The molecule has 0 fully saturated rings. The molecule has 90 valence electrons. The molecule has 0 spiro atoms. The van der Waals surface area contributed by atoms with E-state index in [1.54, 1.807) is 0 Å². The van der Waals surface area contributed by atoms with Crippen LogP contribution in [0, 0.1) is 5.41 Å². The first-order chi connectivity index (χ1) is 6.81. The van der Waals surface area contributed by atoms with Crippen molar-refractivity contribution in [3.05, 3.63) is 0 Å². The van der Waals surface area contributed by atoms with E-state index in [0.29, 0.717) is 11.8 Å². The van der Waals surface area contributed by atoms with E-state index >= 15 is 0 Å². The van der Waals surface area contributed by atoms with Crippen molar-refractivity contribution >= 4 is 5.97 Å². The first-order valence-corrected chi connectivity index (χ1v) is 6.01. The molecule has 15 heavy (non-hydrogen) atoms. The molecule has 0 saturated heterocycles. The van der Waals surface area contributed by atoms with Crippen LogP contribution in [0.2, 0.25) is 0 Å². The summed E-state index contributed by atoms with van der Waals surface area (Å²) in [7, 11) is 0. The molecule has 0 bridgehead atoms. The molecule has 0 N–H and O–H groups in total. The normalized spacial score (nSPS) is 11.9. The Balaban J connectivity index is 3.35. The number of carbonyl (C=O) groups is 1. The van der Waals surface area contributed by atoms with Gasteiger partial charge in [-0.2, -0.15) is 0 Å². The minimum Gasteiger partial charge on any atom is -0.463 e. The quantitative estimate of drug-likeness (QED) is 0.494. The predicted octanol–water partition coefficient (Wildman–Crippen LogP) is 3.93. The second-order valence-electron chi connectivity index (χ2n) is 5.66. The summed E-state index contributed by atoms with van der Waals surface area (Å²) in [6.45, 7) is 10.5. The Morgan fingerprint density at radius 1 is 1.13 bits per heavy atom. The number of esters is 1. The lowest BCUT2D eigenvalue weighted by atomic mass is 9.89. The number of hydrogen-bond acceptors (Lipinski definition) is 2. The number of rotatable bonds is 6. The second-order valence-corrected chi connectivity index (χ2v) is 5.66. The Kier molecular flexibility index (Phi) is 6.62. The fourth-order valence-corrected chi connectivity index (χ4v) is 1.42. The van der Waals surface area contributed by atoms with E-state index in [4.69, 9.17) is 4.74 Å². The standard InChI is InChI=1S/C13H26O2/c1-11(2)15-12(14)9-7-6-8-10-13(3,4)5/h11H,6-10H2,1-5H3. The lowest BCUT2D eigenvalue weighted by Crippen LogP contribution is -2.11. The van der Waals surface area contributed by atoms with Crippen LogP contribution in [-0.4, -0.2) is 12.1 Å². The molecule has 0 saturated carbocycles. The molecule has 0 aromatic carbocycles. The number of carbonyl (C=O) groups excluding carboxylic acids is 1. The van der Waals surface area contributed by atoms with Gasteiger partial charge in [0.15, 0.2) is 0 Å². The maximum Gasteiger partial charge on any atom is 0.306 e. The minimum atomic E-state index is -0.0549. The van der Waals surface area contributed by atoms with E-state index in [1.165, 1.54) is 12.8 Å². The Morgan fingerprint density at radius 2 is 1.73 bits per heavy atom. The van der Waals surface area contributed by atoms with E-state index in [2.05, 4.69) is 20.8 Å². The summed E-state index contributed by atoms with van der Waals surface area (Å²) in [6.07, 6.45) is 5.12. The summed E-state index contributed by atoms with van der Waals surface area (Å²) >= 11 is 0. The molecule has 0 amide bonds. The maximum atomic E-state index is 11.2. The molecule has 2 heteroatoms. The zero-order valence-corrected chi connectivity index (χ0v) is 10.9. The highest BCUT2D eigenvalue weighted by molar-refractivity contribution is 5.69. The molecule has 0 atom stereocenters. The molecule has 0 unspecified atom stereocenters. The van der Waals surface area contributed by atoms with Gasteiger partial charge in [-0.3, -0.25) is 4.79 Å². The zero-order valence-electron chi connectivity index (χ0n) is 10.9. The van der Waals surface area contributed by atoms with Gasteiger partial charge in [0.2, 0.25) is 0 Å². The fraction of sp³-hybridized carbons (Fsp3) is 0.923. The summed E-state index contributed by atoms with van der Waals surface area (Å²) in [5, 5.41) is 0. The van der Waals surface area contributed by atoms with Crippen molar-refractivity contribution in [1.29, 1.82) is 0 Å². The topological polar surface area (TPSA) is 26.3 Å². The van der Waals surface area contributed by atoms with E-state index in [0.717, 1.165) is 12.8 Å². The van der Waals surface area contributed by atoms with Gasteiger partial charge in [0, 0.05) is 6.42 Å². The first-order valence-electron chi connectivity index (χ1n) is 6.01. The van der Waals surface area contributed by atoms with Gasteiger partial charge in [0.25, 0.3) is 0 Å². The first kappa shape index (κ1) is 14.5. The van der Waals surface area contributed by atoms with Crippen molar-refractivity contribution in [2.75, 3.05) is 0 Å². The molecule has 0 aliphatic rings. The van der Waals surface area contributed by atoms with Crippen LogP contribution < -0.4 is 0 Å². The van der Waals surface area contributed by atoms with Gasteiger partial charge in [0.1, 0.15) is 0 Å². The van der Waals surface area contributed by atoms with Crippen molar-refractivity contribution < 1.29 is 9.53 Å². The van der Waals surface area contributed by atoms with Gasteiger partial charge < -0.3 is 4.74 Å². The Labute approximate surface area is 94.4 Å².